The molecule has 0 saturated heterocycles. The molecule has 2 aromatic rings. The van der Waals surface area contributed by atoms with Crippen molar-refractivity contribution in [2.24, 2.45) is 0 Å². The van der Waals surface area contributed by atoms with Crippen LogP contribution in [0.25, 0.3) is 0 Å². The van der Waals surface area contributed by atoms with Gasteiger partial charge in [0, 0.05) is 6.07 Å². The van der Waals surface area contributed by atoms with E-state index in [1.165, 1.54) is 12.1 Å². The topological polar surface area (TPSA) is 78.4 Å². The Balaban J connectivity index is 2.13. The smallest absolute Gasteiger partial charge is 0.292 e. The maximum absolute atomic E-state index is 10.7. The summed E-state index contributed by atoms with van der Waals surface area (Å²) >= 11 is 11.9. The van der Waals surface area contributed by atoms with Crippen molar-refractivity contribution in [1.82, 2.24) is 0 Å². The van der Waals surface area contributed by atoms with E-state index < -0.39 is 4.92 Å². The van der Waals surface area contributed by atoms with Crippen LogP contribution < -0.4 is 10.5 Å². The van der Waals surface area contributed by atoms with E-state index in [4.69, 9.17) is 33.7 Å². The molecule has 0 aromatic heterocycles. The lowest BCUT2D eigenvalue weighted by molar-refractivity contribution is -0.383. The number of ether oxygens (including phenoxy) is 1. The van der Waals surface area contributed by atoms with Crippen LogP contribution in [0.1, 0.15) is 5.56 Å². The van der Waals surface area contributed by atoms with E-state index in [0.29, 0.717) is 21.4 Å². The summed E-state index contributed by atoms with van der Waals surface area (Å²) in [5, 5.41) is 11.4. The lowest BCUT2D eigenvalue weighted by Gasteiger charge is -2.09. The number of nitrogens with two attached hydrogens (primary N) is 1. The fourth-order valence-corrected chi connectivity index (χ4v) is 1.96. The molecule has 5 nitrogen and oxygen atoms in total. The maximum atomic E-state index is 10.7. The molecule has 20 heavy (non-hydrogen) atoms. The SMILES string of the molecule is Nc1cc(COc2cccc(Cl)c2Cl)ccc1[N+](=O)[O-]. The molecule has 0 fully saturated rings. The first-order chi connectivity index (χ1) is 9.49. The summed E-state index contributed by atoms with van der Waals surface area (Å²) in [7, 11) is 0. The Morgan fingerprint density at radius 2 is 2.00 bits per heavy atom. The Morgan fingerprint density at radius 1 is 1.25 bits per heavy atom. The third kappa shape index (κ3) is 3.12. The van der Waals surface area contributed by atoms with Crippen LogP contribution in [0.15, 0.2) is 36.4 Å². The average Bonchev–Trinajstić information content (AvgIpc) is 2.40. The Morgan fingerprint density at radius 3 is 2.65 bits per heavy atom. The lowest BCUT2D eigenvalue weighted by atomic mass is 10.2. The molecule has 2 N–H and O–H groups in total. The largest absolute Gasteiger partial charge is 0.487 e. The molecule has 0 aliphatic heterocycles. The first-order valence-corrected chi connectivity index (χ1v) is 6.34. The molecule has 0 heterocycles. The van der Waals surface area contributed by atoms with Crippen LogP contribution in [0, 0.1) is 10.1 Å². The number of nitro benzene ring substituents is 1. The molecule has 0 amide bonds. The second-order valence-corrected chi connectivity index (χ2v) is 4.78. The van der Waals surface area contributed by atoms with E-state index in [2.05, 4.69) is 0 Å². The first-order valence-electron chi connectivity index (χ1n) is 5.58. The molecule has 104 valence electrons. The molecule has 7 heteroatoms. The van der Waals surface area contributed by atoms with Gasteiger partial charge in [-0.2, -0.15) is 0 Å². The number of nitro groups is 1. The summed E-state index contributed by atoms with van der Waals surface area (Å²) in [5.41, 5.74) is 6.26. The normalized spacial score (nSPS) is 10.3. The number of benzene rings is 2. The van der Waals surface area contributed by atoms with Crippen LogP contribution in [-0.4, -0.2) is 4.92 Å². The van der Waals surface area contributed by atoms with Crippen LogP contribution in [0.5, 0.6) is 5.75 Å². The quantitative estimate of drug-likeness (QED) is 0.524. The minimum absolute atomic E-state index is 0.0910. The van der Waals surface area contributed by atoms with Crippen LogP contribution >= 0.6 is 23.2 Å². The van der Waals surface area contributed by atoms with Crippen LogP contribution in [0.4, 0.5) is 11.4 Å². The second-order valence-electron chi connectivity index (χ2n) is 3.99. The minimum atomic E-state index is -0.534. The van der Waals surface area contributed by atoms with Gasteiger partial charge in [0.25, 0.3) is 5.69 Å². The molecular formula is C13H10Cl2N2O3. The van der Waals surface area contributed by atoms with Crippen molar-refractivity contribution in [3.8, 4) is 5.75 Å². The van der Waals surface area contributed by atoms with E-state index in [9.17, 15) is 10.1 Å². The summed E-state index contributed by atoms with van der Waals surface area (Å²) in [6, 6.07) is 9.47. The summed E-state index contributed by atoms with van der Waals surface area (Å²) in [4.78, 5) is 10.1. The van der Waals surface area contributed by atoms with E-state index in [0.717, 1.165) is 0 Å². The summed E-state index contributed by atoms with van der Waals surface area (Å²) in [5.74, 6) is 0.441. The monoisotopic (exact) mass is 312 g/mol. The maximum Gasteiger partial charge on any atom is 0.292 e. The zero-order valence-electron chi connectivity index (χ0n) is 10.2. The molecule has 0 radical (unpaired) electrons. The zero-order chi connectivity index (χ0) is 14.7. The van der Waals surface area contributed by atoms with Gasteiger partial charge in [-0.05, 0) is 29.8 Å². The van der Waals surface area contributed by atoms with E-state index in [1.54, 1.807) is 24.3 Å². The molecular weight excluding hydrogens is 303 g/mol. The number of nitrogen functional groups attached to an aromatic ring is 1. The third-order valence-corrected chi connectivity index (χ3v) is 3.40. The fraction of sp³-hybridized carbons (Fsp3) is 0.0769. The molecule has 0 spiro atoms. The highest BCUT2D eigenvalue weighted by atomic mass is 35.5. The van der Waals surface area contributed by atoms with Crippen molar-refractivity contribution in [3.05, 3.63) is 62.1 Å². The van der Waals surface area contributed by atoms with Crippen molar-refractivity contribution < 1.29 is 9.66 Å². The predicted octanol–water partition coefficient (Wildman–Crippen LogP) is 4.06. The van der Waals surface area contributed by atoms with Crippen LogP contribution in [0.2, 0.25) is 10.0 Å². The highest BCUT2D eigenvalue weighted by Gasteiger charge is 2.12. The highest BCUT2D eigenvalue weighted by Crippen LogP contribution is 2.32. The summed E-state index contributed by atoms with van der Waals surface area (Å²) < 4.78 is 5.52. The van der Waals surface area contributed by atoms with Crippen LogP contribution in [0.3, 0.4) is 0 Å². The van der Waals surface area contributed by atoms with Gasteiger partial charge in [0.05, 0.1) is 9.95 Å². The second kappa shape index (κ2) is 5.98. The predicted molar refractivity (Wildman–Crippen MR) is 78.3 cm³/mol. The molecule has 0 saturated carbocycles. The number of hydrogen-bond acceptors (Lipinski definition) is 4. The molecule has 0 aliphatic rings. The van der Waals surface area contributed by atoms with Crippen molar-refractivity contribution in [1.29, 1.82) is 0 Å². The van der Waals surface area contributed by atoms with Crippen molar-refractivity contribution in [3.63, 3.8) is 0 Å². The van der Waals surface area contributed by atoms with Crippen LogP contribution in [-0.2, 0) is 6.61 Å². The van der Waals surface area contributed by atoms with Gasteiger partial charge in [-0.25, -0.2) is 0 Å². The fourth-order valence-electron chi connectivity index (χ4n) is 1.62. The summed E-state index contributed by atoms with van der Waals surface area (Å²) in [6.07, 6.45) is 0. The van der Waals surface area contributed by atoms with Gasteiger partial charge in [0.1, 0.15) is 23.1 Å². The molecule has 0 atom stereocenters. The van der Waals surface area contributed by atoms with Crippen molar-refractivity contribution >= 4 is 34.6 Å². The Hall–Kier alpha value is -1.98. The van der Waals surface area contributed by atoms with E-state index >= 15 is 0 Å². The summed E-state index contributed by atoms with van der Waals surface area (Å²) in [6.45, 7) is 0.183. The number of hydrogen-bond donors (Lipinski definition) is 1. The molecule has 2 aromatic carbocycles. The van der Waals surface area contributed by atoms with Gasteiger partial charge in [0.2, 0.25) is 0 Å². The zero-order valence-corrected chi connectivity index (χ0v) is 11.7. The minimum Gasteiger partial charge on any atom is -0.487 e. The molecule has 0 bridgehead atoms. The Kier molecular flexibility index (Phi) is 4.32. The van der Waals surface area contributed by atoms with Gasteiger partial charge in [-0.1, -0.05) is 29.3 Å². The van der Waals surface area contributed by atoms with Gasteiger partial charge in [0.15, 0.2) is 0 Å². The lowest BCUT2D eigenvalue weighted by Crippen LogP contribution is -2.00. The standard InChI is InChI=1S/C13H10Cl2N2O3/c14-9-2-1-3-12(13(9)15)20-7-8-4-5-11(17(18)19)10(16)6-8/h1-6H,7,16H2. The number of rotatable bonds is 4. The Bertz CT molecular complexity index is 662. The number of nitrogens with zero attached hydrogens (tertiary/aromatic N) is 1. The van der Waals surface area contributed by atoms with Gasteiger partial charge >= 0.3 is 0 Å². The third-order valence-electron chi connectivity index (χ3n) is 2.60. The van der Waals surface area contributed by atoms with Gasteiger partial charge in [-0.15, -0.1) is 0 Å². The number of anilines is 1. The van der Waals surface area contributed by atoms with E-state index in [-0.39, 0.29) is 18.0 Å². The number of halogens is 2. The van der Waals surface area contributed by atoms with Crippen molar-refractivity contribution in [2.45, 2.75) is 6.61 Å². The molecule has 0 unspecified atom stereocenters. The Labute approximate surface area is 125 Å². The first kappa shape index (κ1) is 14.4. The molecule has 0 aliphatic carbocycles. The van der Waals surface area contributed by atoms with Gasteiger partial charge < -0.3 is 10.5 Å². The highest BCUT2D eigenvalue weighted by molar-refractivity contribution is 6.42. The van der Waals surface area contributed by atoms with Gasteiger partial charge in [-0.3, -0.25) is 10.1 Å². The van der Waals surface area contributed by atoms with Crippen molar-refractivity contribution in [2.75, 3.05) is 5.73 Å². The molecule has 2 rings (SSSR count). The van der Waals surface area contributed by atoms with E-state index in [1.807, 2.05) is 0 Å². The average molecular weight is 313 g/mol.